The molecular formula is C15H22N2O2S. The van der Waals surface area contributed by atoms with E-state index in [1.165, 1.54) is 17.3 Å². The number of hydrogen-bond acceptors (Lipinski definition) is 3. The van der Waals surface area contributed by atoms with E-state index in [2.05, 4.69) is 5.32 Å². The highest BCUT2D eigenvalue weighted by atomic mass is 32.2. The number of likely N-dealkylation sites (N-methyl/N-ethyl adjacent to an activating group) is 2. The van der Waals surface area contributed by atoms with Crippen LogP contribution in [0.2, 0.25) is 0 Å². The minimum Gasteiger partial charge on any atom is -0.355 e. The average Bonchev–Trinajstić information content (AvgIpc) is 2.44. The largest absolute Gasteiger partial charge is 0.355 e. The van der Waals surface area contributed by atoms with Gasteiger partial charge in [0.05, 0.1) is 12.3 Å². The fourth-order valence-corrected chi connectivity index (χ4v) is 2.47. The first kappa shape index (κ1) is 16.6. The Morgan fingerprint density at radius 3 is 2.40 bits per heavy atom. The van der Waals surface area contributed by atoms with Crippen molar-refractivity contribution in [2.45, 2.75) is 25.7 Å². The zero-order chi connectivity index (χ0) is 15.0. The Hall–Kier alpha value is -1.49. The summed E-state index contributed by atoms with van der Waals surface area (Å²) in [4.78, 5) is 26.2. The molecule has 1 aromatic carbocycles. The van der Waals surface area contributed by atoms with Crippen molar-refractivity contribution in [3.63, 3.8) is 0 Å². The molecule has 0 aliphatic rings. The van der Waals surface area contributed by atoms with Crippen LogP contribution in [0.4, 0.5) is 0 Å². The van der Waals surface area contributed by atoms with Gasteiger partial charge in [0.25, 0.3) is 0 Å². The highest BCUT2D eigenvalue weighted by Crippen LogP contribution is 2.18. The maximum Gasteiger partial charge on any atom is 0.239 e. The van der Waals surface area contributed by atoms with Crippen molar-refractivity contribution < 1.29 is 9.59 Å². The summed E-state index contributed by atoms with van der Waals surface area (Å²) >= 11 is 1.50. The third-order valence-corrected chi connectivity index (χ3v) is 3.82. The fourth-order valence-electron chi connectivity index (χ4n) is 1.67. The minimum atomic E-state index is -0.108. The maximum atomic E-state index is 12.1. The quantitative estimate of drug-likeness (QED) is 0.783. The van der Waals surface area contributed by atoms with E-state index in [9.17, 15) is 9.59 Å². The lowest BCUT2D eigenvalue weighted by Gasteiger charge is -2.20. The van der Waals surface area contributed by atoms with Gasteiger partial charge in [0.2, 0.25) is 11.8 Å². The first-order valence-corrected chi connectivity index (χ1v) is 7.79. The summed E-state index contributed by atoms with van der Waals surface area (Å²) < 4.78 is 0. The lowest BCUT2D eigenvalue weighted by atomic mass is 10.2. The second kappa shape index (κ2) is 8.64. The number of carbonyl (C=O) groups is 2. The van der Waals surface area contributed by atoms with Crippen molar-refractivity contribution in [3.8, 4) is 0 Å². The van der Waals surface area contributed by atoms with Crippen molar-refractivity contribution >= 4 is 23.6 Å². The molecule has 1 aromatic rings. The molecule has 0 bridgehead atoms. The predicted octanol–water partition coefficient (Wildman–Crippen LogP) is 2.07. The standard InChI is InChI=1S/C15H22N2O2S/c1-4-16-14(18)10-17(5-2)15(19)11-20-13-8-6-12(3)7-9-13/h6-9H,4-5,10-11H2,1-3H3,(H,16,18). The van der Waals surface area contributed by atoms with Gasteiger partial charge in [0.15, 0.2) is 0 Å². The number of rotatable bonds is 7. The summed E-state index contributed by atoms with van der Waals surface area (Å²) in [7, 11) is 0. The number of carbonyl (C=O) groups excluding carboxylic acids is 2. The first-order valence-electron chi connectivity index (χ1n) is 6.80. The molecule has 0 saturated carbocycles. The van der Waals surface area contributed by atoms with E-state index >= 15 is 0 Å². The molecule has 0 spiro atoms. The van der Waals surface area contributed by atoms with Crippen molar-refractivity contribution in [1.29, 1.82) is 0 Å². The number of nitrogens with zero attached hydrogens (tertiary/aromatic N) is 1. The molecule has 0 saturated heterocycles. The number of hydrogen-bond donors (Lipinski definition) is 1. The van der Waals surface area contributed by atoms with Gasteiger partial charge in [-0.05, 0) is 32.9 Å². The van der Waals surface area contributed by atoms with Crippen LogP contribution in [-0.4, -0.2) is 42.1 Å². The van der Waals surface area contributed by atoms with Gasteiger partial charge in [-0.25, -0.2) is 0 Å². The van der Waals surface area contributed by atoms with Gasteiger partial charge in [-0.3, -0.25) is 9.59 Å². The molecule has 5 heteroatoms. The van der Waals surface area contributed by atoms with Gasteiger partial charge < -0.3 is 10.2 Å². The van der Waals surface area contributed by atoms with Crippen LogP contribution in [-0.2, 0) is 9.59 Å². The van der Waals surface area contributed by atoms with E-state index in [0.717, 1.165) is 4.90 Å². The van der Waals surface area contributed by atoms with E-state index in [4.69, 9.17) is 0 Å². The Bertz CT molecular complexity index is 446. The predicted molar refractivity (Wildman–Crippen MR) is 82.8 cm³/mol. The van der Waals surface area contributed by atoms with Crippen LogP contribution in [0.1, 0.15) is 19.4 Å². The fraction of sp³-hybridized carbons (Fsp3) is 0.467. The molecule has 0 aromatic heterocycles. The summed E-state index contributed by atoms with van der Waals surface area (Å²) in [5.41, 5.74) is 1.20. The van der Waals surface area contributed by atoms with Crippen molar-refractivity contribution in [3.05, 3.63) is 29.8 Å². The number of amides is 2. The van der Waals surface area contributed by atoms with Crippen molar-refractivity contribution in [1.82, 2.24) is 10.2 Å². The molecule has 1 rings (SSSR count). The van der Waals surface area contributed by atoms with Gasteiger partial charge in [-0.15, -0.1) is 11.8 Å². The van der Waals surface area contributed by atoms with Crippen LogP contribution in [0.25, 0.3) is 0 Å². The molecule has 4 nitrogen and oxygen atoms in total. The SMILES string of the molecule is CCNC(=O)CN(CC)C(=O)CSc1ccc(C)cc1. The monoisotopic (exact) mass is 294 g/mol. The van der Waals surface area contributed by atoms with Crippen molar-refractivity contribution in [2.75, 3.05) is 25.4 Å². The third kappa shape index (κ3) is 5.65. The van der Waals surface area contributed by atoms with E-state index < -0.39 is 0 Å². The smallest absolute Gasteiger partial charge is 0.239 e. The summed E-state index contributed by atoms with van der Waals surface area (Å²) in [6, 6.07) is 8.07. The number of benzene rings is 1. The van der Waals surface area contributed by atoms with E-state index in [1.54, 1.807) is 4.90 Å². The van der Waals surface area contributed by atoms with Gasteiger partial charge in [0.1, 0.15) is 0 Å². The van der Waals surface area contributed by atoms with E-state index in [0.29, 0.717) is 18.8 Å². The highest BCUT2D eigenvalue weighted by Gasteiger charge is 2.15. The third-order valence-electron chi connectivity index (χ3n) is 2.83. The van der Waals surface area contributed by atoms with E-state index in [1.807, 2.05) is 45.0 Å². The zero-order valence-electron chi connectivity index (χ0n) is 12.3. The number of thioether (sulfide) groups is 1. The lowest BCUT2D eigenvalue weighted by Crippen LogP contribution is -2.41. The second-order valence-electron chi connectivity index (χ2n) is 4.46. The van der Waals surface area contributed by atoms with Gasteiger partial charge >= 0.3 is 0 Å². The molecule has 0 aliphatic carbocycles. The molecule has 2 amide bonds. The second-order valence-corrected chi connectivity index (χ2v) is 5.51. The molecular weight excluding hydrogens is 272 g/mol. The molecule has 110 valence electrons. The Morgan fingerprint density at radius 2 is 1.85 bits per heavy atom. The Labute approximate surface area is 124 Å². The highest BCUT2D eigenvalue weighted by molar-refractivity contribution is 8.00. The molecule has 0 heterocycles. The summed E-state index contributed by atoms with van der Waals surface area (Å²) in [5, 5.41) is 2.71. The van der Waals surface area contributed by atoms with Crippen LogP contribution < -0.4 is 5.32 Å². The van der Waals surface area contributed by atoms with Crippen molar-refractivity contribution in [2.24, 2.45) is 0 Å². The van der Waals surface area contributed by atoms with Crippen LogP contribution >= 0.6 is 11.8 Å². The first-order chi connectivity index (χ1) is 9.56. The van der Waals surface area contributed by atoms with E-state index in [-0.39, 0.29) is 18.4 Å². The number of nitrogens with one attached hydrogen (secondary N) is 1. The summed E-state index contributed by atoms with van der Waals surface area (Å²) in [5.74, 6) is 0.239. The Kier molecular flexibility index (Phi) is 7.15. The maximum absolute atomic E-state index is 12.1. The lowest BCUT2D eigenvalue weighted by molar-refractivity contribution is -0.133. The van der Waals surface area contributed by atoms with Gasteiger partial charge in [0, 0.05) is 18.0 Å². The zero-order valence-corrected chi connectivity index (χ0v) is 13.1. The molecule has 0 atom stereocenters. The van der Waals surface area contributed by atoms with Crippen LogP contribution in [0.15, 0.2) is 29.2 Å². The molecule has 0 unspecified atom stereocenters. The molecule has 0 radical (unpaired) electrons. The Morgan fingerprint density at radius 1 is 1.20 bits per heavy atom. The average molecular weight is 294 g/mol. The Balaban J connectivity index is 2.46. The minimum absolute atomic E-state index is 0.00988. The topological polar surface area (TPSA) is 49.4 Å². The normalized spacial score (nSPS) is 10.2. The van der Waals surface area contributed by atoms with Crippen LogP contribution in [0.5, 0.6) is 0 Å². The molecule has 0 aliphatic heterocycles. The van der Waals surface area contributed by atoms with Gasteiger partial charge in [-0.2, -0.15) is 0 Å². The number of aryl methyl sites for hydroxylation is 1. The molecule has 20 heavy (non-hydrogen) atoms. The van der Waals surface area contributed by atoms with Crippen LogP contribution in [0.3, 0.4) is 0 Å². The summed E-state index contributed by atoms with van der Waals surface area (Å²) in [6.07, 6.45) is 0. The molecule has 1 N–H and O–H groups in total. The van der Waals surface area contributed by atoms with Crippen LogP contribution in [0, 0.1) is 6.92 Å². The summed E-state index contributed by atoms with van der Waals surface area (Å²) in [6.45, 7) is 7.05. The molecule has 0 fully saturated rings. The van der Waals surface area contributed by atoms with Gasteiger partial charge in [-0.1, -0.05) is 17.7 Å².